The van der Waals surface area contributed by atoms with Crippen LogP contribution in [0.2, 0.25) is 0 Å². The van der Waals surface area contributed by atoms with Crippen LogP contribution >= 0.6 is 0 Å². The van der Waals surface area contributed by atoms with E-state index in [0.29, 0.717) is 12.6 Å². The van der Waals surface area contributed by atoms with E-state index in [1.54, 1.807) is 7.11 Å². The fraction of sp³-hybridized carbons (Fsp3) is 0.280. The van der Waals surface area contributed by atoms with Gasteiger partial charge >= 0.3 is 0 Å². The molecule has 5 heteroatoms. The average molecular weight is 399 g/mol. The maximum atomic E-state index is 5.25. The minimum absolute atomic E-state index is 0.492. The van der Waals surface area contributed by atoms with Gasteiger partial charge in [0.05, 0.1) is 19.9 Å². The van der Waals surface area contributed by atoms with Crippen LogP contribution in [0.1, 0.15) is 28.7 Å². The Morgan fingerprint density at radius 3 is 2.67 bits per heavy atom. The molecule has 152 valence electrons. The minimum Gasteiger partial charge on any atom is -0.497 e. The van der Waals surface area contributed by atoms with E-state index in [1.807, 2.05) is 23.0 Å². The molecule has 0 aliphatic heterocycles. The molecule has 0 saturated carbocycles. The van der Waals surface area contributed by atoms with Gasteiger partial charge in [0, 0.05) is 24.2 Å². The number of aromatic nitrogens is 3. The summed E-state index contributed by atoms with van der Waals surface area (Å²) in [5.74, 6) is 0.867. The third-order valence-electron chi connectivity index (χ3n) is 6.01. The minimum atomic E-state index is 0.492. The molecule has 1 unspecified atom stereocenters. The first-order valence-electron chi connectivity index (χ1n) is 10.5. The van der Waals surface area contributed by atoms with Gasteiger partial charge in [-0.05, 0) is 53.6 Å². The third kappa shape index (κ3) is 3.81. The number of hydrogen-bond acceptors (Lipinski definition) is 4. The summed E-state index contributed by atoms with van der Waals surface area (Å²) < 4.78 is 7.25. The monoisotopic (exact) mass is 398 g/mol. The van der Waals surface area contributed by atoms with Crippen LogP contribution in [0.3, 0.4) is 0 Å². The summed E-state index contributed by atoms with van der Waals surface area (Å²) in [6.45, 7) is 1.62. The van der Waals surface area contributed by atoms with Crippen LogP contribution in [0, 0.1) is 0 Å². The molecule has 2 aromatic heterocycles. The van der Waals surface area contributed by atoms with Gasteiger partial charge in [0.25, 0.3) is 0 Å². The Labute approximate surface area is 176 Å². The van der Waals surface area contributed by atoms with Crippen molar-refractivity contribution in [2.24, 2.45) is 0 Å². The number of ether oxygens (including phenoxy) is 1. The lowest BCUT2D eigenvalue weighted by Crippen LogP contribution is -2.34. The number of nitrogens with one attached hydrogen (secondary N) is 1. The van der Waals surface area contributed by atoms with Gasteiger partial charge in [-0.25, -0.2) is 9.67 Å². The number of rotatable bonds is 6. The maximum absolute atomic E-state index is 5.25. The lowest BCUT2D eigenvalue weighted by Gasteiger charge is -2.26. The van der Waals surface area contributed by atoms with E-state index in [0.717, 1.165) is 37.2 Å². The molecule has 0 bridgehead atoms. The highest BCUT2D eigenvalue weighted by molar-refractivity contribution is 5.80. The fourth-order valence-corrected chi connectivity index (χ4v) is 4.33. The Balaban J connectivity index is 1.31. The molecule has 0 saturated heterocycles. The summed E-state index contributed by atoms with van der Waals surface area (Å²) in [5, 5.41) is 9.56. The van der Waals surface area contributed by atoms with Gasteiger partial charge in [0.15, 0.2) is 5.65 Å². The van der Waals surface area contributed by atoms with Crippen molar-refractivity contribution in [3.8, 4) is 5.75 Å². The second-order valence-electron chi connectivity index (χ2n) is 7.96. The Bertz CT molecular complexity index is 1140. The van der Waals surface area contributed by atoms with Crippen LogP contribution in [0.5, 0.6) is 5.75 Å². The number of aryl methyl sites for hydroxylation is 1. The van der Waals surface area contributed by atoms with Crippen molar-refractivity contribution in [1.82, 2.24) is 20.1 Å². The summed E-state index contributed by atoms with van der Waals surface area (Å²) in [5.41, 5.74) is 6.25. The van der Waals surface area contributed by atoms with Crippen LogP contribution in [0.25, 0.3) is 11.0 Å². The van der Waals surface area contributed by atoms with Crippen molar-refractivity contribution >= 4 is 11.0 Å². The van der Waals surface area contributed by atoms with Crippen LogP contribution in [-0.2, 0) is 25.9 Å². The standard InChI is InChI=1S/C25H26N4O/c1-30-22-10-7-19(8-11-22)17-29-25-24(16-28-29)23-12-9-21(13-20(23)15-27-25)26-14-18-5-3-2-4-6-18/h2-8,10-11,15-16,21,26H,9,12-14,17H2,1H3. The molecular formula is C25H26N4O. The number of nitrogens with zero attached hydrogens (tertiary/aromatic N) is 3. The van der Waals surface area contributed by atoms with Crippen LogP contribution < -0.4 is 10.1 Å². The maximum Gasteiger partial charge on any atom is 0.158 e. The smallest absolute Gasteiger partial charge is 0.158 e. The molecule has 0 amide bonds. The number of benzene rings is 2. The molecule has 1 atom stereocenters. The molecule has 1 aliphatic carbocycles. The Hall–Kier alpha value is -3.18. The number of pyridine rings is 1. The van der Waals surface area contributed by atoms with Gasteiger partial charge < -0.3 is 10.1 Å². The van der Waals surface area contributed by atoms with Crippen LogP contribution in [0.4, 0.5) is 0 Å². The Morgan fingerprint density at radius 2 is 1.87 bits per heavy atom. The first kappa shape index (κ1) is 18.8. The van der Waals surface area contributed by atoms with E-state index < -0.39 is 0 Å². The van der Waals surface area contributed by atoms with Crippen molar-refractivity contribution in [1.29, 1.82) is 0 Å². The first-order chi connectivity index (χ1) is 14.8. The molecule has 5 nitrogen and oxygen atoms in total. The van der Waals surface area contributed by atoms with E-state index in [1.165, 1.54) is 27.6 Å². The Morgan fingerprint density at radius 1 is 1.03 bits per heavy atom. The predicted octanol–water partition coefficient (Wildman–Crippen LogP) is 4.14. The molecule has 1 N–H and O–H groups in total. The van der Waals surface area contributed by atoms with Crippen LogP contribution in [-0.4, -0.2) is 27.9 Å². The molecule has 2 aromatic carbocycles. The summed E-state index contributed by atoms with van der Waals surface area (Å²) in [4.78, 5) is 4.79. The summed E-state index contributed by atoms with van der Waals surface area (Å²) in [6, 6.07) is 19.2. The van der Waals surface area contributed by atoms with Crippen LogP contribution in [0.15, 0.2) is 67.0 Å². The van der Waals surface area contributed by atoms with Gasteiger partial charge in [-0.2, -0.15) is 5.10 Å². The van der Waals surface area contributed by atoms with E-state index in [-0.39, 0.29) is 0 Å². The molecule has 0 fully saturated rings. The zero-order chi connectivity index (χ0) is 20.3. The number of fused-ring (bicyclic) bond motifs is 3. The van der Waals surface area contributed by atoms with Gasteiger partial charge in [0.1, 0.15) is 5.75 Å². The van der Waals surface area contributed by atoms with Crippen molar-refractivity contribution in [2.75, 3.05) is 7.11 Å². The van der Waals surface area contributed by atoms with Gasteiger partial charge in [-0.15, -0.1) is 0 Å². The van der Waals surface area contributed by atoms with Crippen molar-refractivity contribution in [3.05, 3.63) is 89.2 Å². The molecule has 1 aliphatic rings. The lowest BCUT2D eigenvalue weighted by molar-refractivity contribution is 0.414. The second kappa shape index (κ2) is 8.28. The third-order valence-corrected chi connectivity index (χ3v) is 6.01. The van der Waals surface area contributed by atoms with Gasteiger partial charge in [0.2, 0.25) is 0 Å². The first-order valence-corrected chi connectivity index (χ1v) is 10.5. The largest absolute Gasteiger partial charge is 0.497 e. The highest BCUT2D eigenvalue weighted by Gasteiger charge is 2.22. The van der Waals surface area contributed by atoms with Gasteiger partial charge in [-0.1, -0.05) is 42.5 Å². The Kier molecular flexibility index (Phi) is 5.20. The fourth-order valence-electron chi connectivity index (χ4n) is 4.33. The molecule has 2 heterocycles. The normalized spacial score (nSPS) is 15.8. The average Bonchev–Trinajstić information content (AvgIpc) is 3.22. The molecular weight excluding hydrogens is 372 g/mol. The summed E-state index contributed by atoms with van der Waals surface area (Å²) >= 11 is 0. The predicted molar refractivity (Wildman–Crippen MR) is 119 cm³/mol. The van der Waals surface area contributed by atoms with Crippen molar-refractivity contribution in [3.63, 3.8) is 0 Å². The highest BCUT2D eigenvalue weighted by atomic mass is 16.5. The lowest BCUT2D eigenvalue weighted by atomic mass is 9.88. The van der Waals surface area contributed by atoms with Crippen molar-refractivity contribution in [2.45, 2.75) is 38.4 Å². The molecule has 4 aromatic rings. The summed E-state index contributed by atoms with van der Waals surface area (Å²) in [7, 11) is 1.69. The molecule has 0 radical (unpaired) electrons. The van der Waals surface area contributed by atoms with E-state index in [9.17, 15) is 0 Å². The van der Waals surface area contributed by atoms with E-state index in [4.69, 9.17) is 9.72 Å². The zero-order valence-corrected chi connectivity index (χ0v) is 17.2. The molecule has 0 spiro atoms. The quantitative estimate of drug-likeness (QED) is 0.530. The number of methoxy groups -OCH3 is 1. The molecule has 30 heavy (non-hydrogen) atoms. The highest BCUT2D eigenvalue weighted by Crippen LogP contribution is 2.28. The van der Waals surface area contributed by atoms with E-state index >= 15 is 0 Å². The zero-order valence-electron chi connectivity index (χ0n) is 17.2. The second-order valence-corrected chi connectivity index (χ2v) is 7.96. The topological polar surface area (TPSA) is 52.0 Å². The van der Waals surface area contributed by atoms with Crippen molar-refractivity contribution < 1.29 is 4.74 Å². The van der Waals surface area contributed by atoms with Gasteiger partial charge in [-0.3, -0.25) is 0 Å². The SMILES string of the molecule is COc1ccc(Cn2ncc3c4c(cnc32)CC(NCc2ccccc2)CC4)cc1. The van der Waals surface area contributed by atoms with E-state index in [2.05, 4.69) is 59.1 Å². The summed E-state index contributed by atoms with van der Waals surface area (Å²) in [6.07, 6.45) is 7.27. The number of hydrogen-bond donors (Lipinski definition) is 1. The molecule has 5 rings (SSSR count).